The number of benzene rings is 2. The lowest BCUT2D eigenvalue weighted by molar-refractivity contribution is 0.0692. The molecule has 90 valence electrons. The zero-order valence-electron chi connectivity index (χ0n) is 9.33. The topological polar surface area (TPSA) is 74.6 Å². The van der Waals surface area contributed by atoms with Gasteiger partial charge in [-0.15, -0.1) is 0 Å². The first kappa shape index (κ1) is 11.9. The number of carboxylic acids is 1. The van der Waals surface area contributed by atoms with Crippen LogP contribution in [0.25, 0.3) is 0 Å². The van der Waals surface area contributed by atoms with Gasteiger partial charge in [-0.1, -0.05) is 30.3 Å². The molecule has 2 rings (SSSR count). The van der Waals surface area contributed by atoms with E-state index in [1.54, 1.807) is 30.3 Å². The number of hydrogen-bond donors (Lipinski definition) is 2. The van der Waals surface area contributed by atoms with Crippen molar-refractivity contribution < 1.29 is 19.8 Å². The summed E-state index contributed by atoms with van der Waals surface area (Å²) in [5.74, 6) is -1.81. The Morgan fingerprint density at radius 3 is 2.17 bits per heavy atom. The quantitative estimate of drug-likeness (QED) is 0.810. The Morgan fingerprint density at radius 1 is 0.889 bits per heavy atom. The third kappa shape index (κ3) is 2.22. The standard InChI is InChI=1S/C14H10O4/c15-10-6-7-11(12(8-10)14(17)18)13(16)9-4-2-1-3-5-9/h1-8,15H,(H,17,18). The molecule has 2 aromatic carbocycles. The Labute approximate surface area is 103 Å². The summed E-state index contributed by atoms with van der Waals surface area (Å²) in [6, 6.07) is 12.1. The minimum absolute atomic E-state index is 0.0616. The van der Waals surface area contributed by atoms with Crippen LogP contribution in [0.4, 0.5) is 0 Å². The molecule has 0 saturated carbocycles. The number of phenolic OH excluding ortho intramolecular Hbond substituents is 1. The first-order chi connectivity index (χ1) is 8.59. The average molecular weight is 242 g/mol. The van der Waals surface area contributed by atoms with Crippen molar-refractivity contribution in [2.24, 2.45) is 0 Å². The number of hydrogen-bond acceptors (Lipinski definition) is 3. The fourth-order valence-electron chi connectivity index (χ4n) is 1.65. The molecule has 0 amide bonds. The van der Waals surface area contributed by atoms with Crippen LogP contribution in [0.2, 0.25) is 0 Å². The van der Waals surface area contributed by atoms with Gasteiger partial charge < -0.3 is 10.2 Å². The van der Waals surface area contributed by atoms with Crippen LogP contribution in [0.5, 0.6) is 5.75 Å². The zero-order valence-corrected chi connectivity index (χ0v) is 9.33. The Balaban J connectivity index is 2.52. The van der Waals surface area contributed by atoms with E-state index >= 15 is 0 Å². The molecule has 0 spiro atoms. The molecular weight excluding hydrogens is 232 g/mol. The van der Waals surface area contributed by atoms with Gasteiger partial charge in [-0.2, -0.15) is 0 Å². The molecule has 0 aliphatic heterocycles. The van der Waals surface area contributed by atoms with Crippen molar-refractivity contribution in [2.45, 2.75) is 0 Å². The highest BCUT2D eigenvalue weighted by atomic mass is 16.4. The maximum atomic E-state index is 12.1. The lowest BCUT2D eigenvalue weighted by Crippen LogP contribution is -2.09. The zero-order chi connectivity index (χ0) is 13.1. The number of phenols is 1. The summed E-state index contributed by atoms with van der Waals surface area (Å²) < 4.78 is 0. The summed E-state index contributed by atoms with van der Waals surface area (Å²) in [4.78, 5) is 23.2. The summed E-state index contributed by atoms with van der Waals surface area (Å²) >= 11 is 0. The summed E-state index contributed by atoms with van der Waals surface area (Å²) in [6.45, 7) is 0. The molecule has 0 saturated heterocycles. The molecule has 2 N–H and O–H groups in total. The molecule has 0 atom stereocenters. The van der Waals surface area contributed by atoms with Gasteiger partial charge in [-0.25, -0.2) is 4.79 Å². The van der Waals surface area contributed by atoms with Crippen LogP contribution >= 0.6 is 0 Å². The predicted octanol–water partition coefficient (Wildman–Crippen LogP) is 2.32. The molecule has 0 aliphatic carbocycles. The molecule has 4 heteroatoms. The molecule has 0 unspecified atom stereocenters. The van der Waals surface area contributed by atoms with Gasteiger partial charge in [0.25, 0.3) is 0 Å². The van der Waals surface area contributed by atoms with Gasteiger partial charge in [-0.05, 0) is 18.2 Å². The fraction of sp³-hybridized carbons (Fsp3) is 0. The van der Waals surface area contributed by atoms with Crippen molar-refractivity contribution in [3.8, 4) is 5.75 Å². The van der Waals surface area contributed by atoms with E-state index in [9.17, 15) is 14.7 Å². The van der Waals surface area contributed by atoms with Gasteiger partial charge in [0.1, 0.15) is 5.75 Å². The molecule has 0 aliphatic rings. The normalized spacial score (nSPS) is 10.0. The van der Waals surface area contributed by atoms with E-state index in [4.69, 9.17) is 5.11 Å². The second-order valence-corrected chi connectivity index (χ2v) is 3.73. The van der Waals surface area contributed by atoms with E-state index in [1.807, 2.05) is 0 Å². The highest BCUT2D eigenvalue weighted by Gasteiger charge is 2.18. The number of rotatable bonds is 3. The fourth-order valence-corrected chi connectivity index (χ4v) is 1.65. The highest BCUT2D eigenvalue weighted by molar-refractivity contribution is 6.14. The Hall–Kier alpha value is -2.62. The van der Waals surface area contributed by atoms with Crippen LogP contribution in [0.15, 0.2) is 48.5 Å². The van der Waals surface area contributed by atoms with E-state index in [1.165, 1.54) is 12.1 Å². The van der Waals surface area contributed by atoms with Gasteiger partial charge in [0, 0.05) is 11.1 Å². The minimum Gasteiger partial charge on any atom is -0.508 e. The maximum Gasteiger partial charge on any atom is 0.336 e. The molecule has 0 radical (unpaired) electrons. The Bertz CT molecular complexity index is 602. The second kappa shape index (κ2) is 4.71. The first-order valence-electron chi connectivity index (χ1n) is 5.25. The first-order valence-corrected chi connectivity index (χ1v) is 5.25. The summed E-state index contributed by atoms with van der Waals surface area (Å²) in [7, 11) is 0. The summed E-state index contributed by atoms with van der Waals surface area (Å²) in [5, 5.41) is 18.3. The molecule has 0 heterocycles. The van der Waals surface area contributed by atoms with Crippen molar-refractivity contribution in [3.63, 3.8) is 0 Å². The average Bonchev–Trinajstić information content (AvgIpc) is 2.39. The van der Waals surface area contributed by atoms with Crippen LogP contribution in [-0.4, -0.2) is 22.0 Å². The molecule has 4 nitrogen and oxygen atoms in total. The monoisotopic (exact) mass is 242 g/mol. The van der Waals surface area contributed by atoms with Crippen LogP contribution in [0.1, 0.15) is 26.3 Å². The van der Waals surface area contributed by atoms with Crippen molar-refractivity contribution in [1.82, 2.24) is 0 Å². The molecular formula is C14H10O4. The molecule has 0 bridgehead atoms. The molecule has 0 fully saturated rings. The smallest absolute Gasteiger partial charge is 0.336 e. The number of ketones is 1. The maximum absolute atomic E-state index is 12.1. The predicted molar refractivity (Wildman–Crippen MR) is 64.9 cm³/mol. The number of carbonyl (C=O) groups excluding carboxylic acids is 1. The minimum atomic E-state index is -1.25. The Morgan fingerprint density at radius 2 is 1.56 bits per heavy atom. The van der Waals surface area contributed by atoms with E-state index in [-0.39, 0.29) is 22.7 Å². The van der Waals surface area contributed by atoms with Crippen LogP contribution in [0, 0.1) is 0 Å². The highest BCUT2D eigenvalue weighted by Crippen LogP contribution is 2.19. The third-order valence-corrected chi connectivity index (χ3v) is 2.51. The van der Waals surface area contributed by atoms with Gasteiger partial charge in [0.2, 0.25) is 0 Å². The SMILES string of the molecule is O=C(O)c1cc(O)ccc1C(=O)c1ccccc1. The lowest BCUT2D eigenvalue weighted by Gasteiger charge is -2.05. The van der Waals surface area contributed by atoms with Crippen LogP contribution < -0.4 is 0 Å². The lowest BCUT2D eigenvalue weighted by atomic mass is 9.98. The van der Waals surface area contributed by atoms with E-state index in [2.05, 4.69) is 0 Å². The van der Waals surface area contributed by atoms with Crippen LogP contribution in [0.3, 0.4) is 0 Å². The Kier molecular flexibility index (Phi) is 3.10. The summed E-state index contributed by atoms with van der Waals surface area (Å²) in [5.41, 5.74) is 0.265. The van der Waals surface area contributed by atoms with Crippen molar-refractivity contribution in [2.75, 3.05) is 0 Å². The molecule has 2 aromatic rings. The van der Waals surface area contributed by atoms with E-state index in [0.29, 0.717) is 5.56 Å². The van der Waals surface area contributed by atoms with Crippen molar-refractivity contribution >= 4 is 11.8 Å². The number of aromatic carboxylic acids is 1. The van der Waals surface area contributed by atoms with Crippen LogP contribution in [-0.2, 0) is 0 Å². The van der Waals surface area contributed by atoms with Gasteiger partial charge in [0.05, 0.1) is 5.56 Å². The molecule has 18 heavy (non-hydrogen) atoms. The van der Waals surface area contributed by atoms with Gasteiger partial charge >= 0.3 is 5.97 Å². The number of carboxylic acid groups (broad SMARTS) is 1. The van der Waals surface area contributed by atoms with E-state index in [0.717, 1.165) is 6.07 Å². The van der Waals surface area contributed by atoms with Gasteiger partial charge in [-0.3, -0.25) is 4.79 Å². The van der Waals surface area contributed by atoms with Crippen molar-refractivity contribution in [3.05, 3.63) is 65.2 Å². The number of carbonyl (C=O) groups is 2. The number of aromatic hydroxyl groups is 1. The summed E-state index contributed by atoms with van der Waals surface area (Å²) in [6.07, 6.45) is 0. The van der Waals surface area contributed by atoms with E-state index < -0.39 is 5.97 Å². The largest absolute Gasteiger partial charge is 0.508 e. The van der Waals surface area contributed by atoms with Gasteiger partial charge in [0.15, 0.2) is 5.78 Å². The van der Waals surface area contributed by atoms with Crippen molar-refractivity contribution in [1.29, 1.82) is 0 Å². The molecule has 0 aromatic heterocycles. The third-order valence-electron chi connectivity index (χ3n) is 2.51. The second-order valence-electron chi connectivity index (χ2n) is 3.73.